The minimum absolute atomic E-state index is 0.0120. The van der Waals surface area contributed by atoms with Gasteiger partial charge in [-0.3, -0.25) is 19.2 Å². The van der Waals surface area contributed by atoms with Crippen molar-refractivity contribution in [3.8, 4) is 0 Å². The van der Waals surface area contributed by atoms with Gasteiger partial charge in [0.25, 0.3) is 5.91 Å². The molecule has 0 aromatic carbocycles. The fourth-order valence-electron chi connectivity index (χ4n) is 3.11. The molecule has 3 rings (SSSR count). The monoisotopic (exact) mass is 276 g/mol. The molecule has 6 heteroatoms. The van der Waals surface area contributed by atoms with E-state index in [1.807, 2.05) is 20.0 Å². The number of amides is 2. The van der Waals surface area contributed by atoms with Crippen LogP contribution in [0.4, 0.5) is 5.69 Å². The van der Waals surface area contributed by atoms with Crippen LogP contribution in [0.2, 0.25) is 0 Å². The number of anilines is 1. The number of hydrogen-bond donors (Lipinski definition) is 1. The second-order valence-corrected chi connectivity index (χ2v) is 6.00. The van der Waals surface area contributed by atoms with E-state index in [1.54, 1.807) is 15.8 Å². The molecular formula is C14H20N4O2. The predicted octanol–water partition coefficient (Wildman–Crippen LogP) is 1.24. The maximum Gasteiger partial charge on any atom is 0.253 e. The first-order valence-corrected chi connectivity index (χ1v) is 7.19. The van der Waals surface area contributed by atoms with Crippen LogP contribution >= 0.6 is 0 Å². The lowest BCUT2D eigenvalue weighted by Gasteiger charge is -2.39. The Morgan fingerprint density at radius 2 is 2.00 bits per heavy atom. The minimum Gasteiger partial charge on any atom is -0.340 e. The molecule has 0 radical (unpaired) electrons. The average Bonchev–Trinajstić information content (AvgIpc) is 3.03. The number of rotatable bonds is 2. The quantitative estimate of drug-likeness (QED) is 0.883. The molecule has 2 aliphatic rings. The molecule has 20 heavy (non-hydrogen) atoms. The molecule has 0 bridgehead atoms. The first-order valence-electron chi connectivity index (χ1n) is 7.19. The number of carbonyl (C=O) groups excluding carboxylic acids is 2. The lowest BCUT2D eigenvalue weighted by atomic mass is 9.93. The van der Waals surface area contributed by atoms with Gasteiger partial charge in [-0.2, -0.15) is 5.10 Å². The molecule has 0 atom stereocenters. The van der Waals surface area contributed by atoms with Crippen molar-refractivity contribution in [2.45, 2.75) is 51.1 Å². The van der Waals surface area contributed by atoms with Crippen molar-refractivity contribution in [1.82, 2.24) is 15.1 Å². The molecular weight excluding hydrogens is 256 g/mol. The van der Waals surface area contributed by atoms with E-state index in [9.17, 15) is 9.59 Å². The Balaban J connectivity index is 1.91. The minimum atomic E-state index is -0.671. The Morgan fingerprint density at radius 3 is 2.60 bits per heavy atom. The Morgan fingerprint density at radius 1 is 1.30 bits per heavy atom. The number of piperazine rings is 1. The summed E-state index contributed by atoms with van der Waals surface area (Å²) >= 11 is 0. The summed E-state index contributed by atoms with van der Waals surface area (Å²) in [6.45, 7) is 4.14. The van der Waals surface area contributed by atoms with Crippen molar-refractivity contribution < 1.29 is 9.59 Å². The molecule has 108 valence electrons. The highest BCUT2D eigenvalue weighted by Gasteiger charge is 2.48. The van der Waals surface area contributed by atoms with Crippen LogP contribution in [0.25, 0.3) is 0 Å². The largest absolute Gasteiger partial charge is 0.340 e. The zero-order valence-corrected chi connectivity index (χ0v) is 11.9. The van der Waals surface area contributed by atoms with Crippen LogP contribution in [-0.2, 0) is 9.59 Å². The van der Waals surface area contributed by atoms with Gasteiger partial charge in [0.05, 0.1) is 11.9 Å². The molecule has 2 heterocycles. The lowest BCUT2D eigenvalue weighted by molar-refractivity contribution is -0.135. The zero-order chi connectivity index (χ0) is 14.3. The van der Waals surface area contributed by atoms with E-state index < -0.39 is 5.54 Å². The molecule has 1 N–H and O–H groups in total. The van der Waals surface area contributed by atoms with Crippen LogP contribution < -0.4 is 10.2 Å². The molecule has 1 saturated heterocycles. The number of nitrogens with one attached hydrogen (secondary N) is 1. The summed E-state index contributed by atoms with van der Waals surface area (Å²) in [4.78, 5) is 26.3. The fourth-order valence-corrected chi connectivity index (χ4v) is 3.11. The van der Waals surface area contributed by atoms with Crippen LogP contribution in [0.5, 0.6) is 0 Å². The third-order valence-electron chi connectivity index (χ3n) is 4.22. The second-order valence-electron chi connectivity index (χ2n) is 6.00. The molecule has 1 aromatic rings. The van der Waals surface area contributed by atoms with Gasteiger partial charge in [-0.05, 0) is 26.7 Å². The van der Waals surface area contributed by atoms with Gasteiger partial charge in [0.15, 0.2) is 0 Å². The summed E-state index contributed by atoms with van der Waals surface area (Å²) in [7, 11) is 0. The fraction of sp³-hybridized carbons (Fsp3) is 0.643. The molecule has 1 aliphatic carbocycles. The molecule has 1 spiro atoms. The Labute approximate surface area is 118 Å². The standard InChI is InChI=1S/C14H20N4O2/c1-10(2)18-8-11(7-15-18)17-9-12(19)16-14(13(17)20)5-3-4-6-14/h7-8,10H,3-6,9H2,1-2H3,(H,16,19). The molecule has 2 fully saturated rings. The molecule has 6 nitrogen and oxygen atoms in total. The van der Waals surface area contributed by atoms with Gasteiger partial charge in [-0.25, -0.2) is 0 Å². The van der Waals surface area contributed by atoms with E-state index in [2.05, 4.69) is 10.4 Å². The van der Waals surface area contributed by atoms with E-state index in [-0.39, 0.29) is 24.4 Å². The Hall–Kier alpha value is -1.85. The summed E-state index contributed by atoms with van der Waals surface area (Å²) in [6.07, 6.45) is 6.97. The maximum absolute atomic E-state index is 12.7. The number of hydrogen-bond acceptors (Lipinski definition) is 3. The molecule has 1 aromatic heterocycles. The van der Waals surface area contributed by atoms with Crippen LogP contribution in [0, 0.1) is 0 Å². The van der Waals surface area contributed by atoms with Crippen LogP contribution in [0.15, 0.2) is 12.4 Å². The normalized spacial score (nSPS) is 21.9. The van der Waals surface area contributed by atoms with Crippen LogP contribution in [0.3, 0.4) is 0 Å². The van der Waals surface area contributed by atoms with E-state index in [0.717, 1.165) is 25.7 Å². The van der Waals surface area contributed by atoms with Crippen molar-refractivity contribution >= 4 is 17.5 Å². The second kappa shape index (κ2) is 4.61. The SMILES string of the molecule is CC(C)n1cc(N2CC(=O)NC3(CCCC3)C2=O)cn1. The van der Waals surface area contributed by atoms with Crippen molar-refractivity contribution in [2.75, 3.05) is 11.4 Å². The first-order chi connectivity index (χ1) is 9.52. The molecule has 1 saturated carbocycles. The maximum atomic E-state index is 12.7. The van der Waals surface area contributed by atoms with Crippen molar-refractivity contribution in [3.05, 3.63) is 12.4 Å². The predicted molar refractivity (Wildman–Crippen MR) is 74.3 cm³/mol. The van der Waals surface area contributed by atoms with Gasteiger partial charge in [0.1, 0.15) is 12.1 Å². The van der Waals surface area contributed by atoms with Gasteiger partial charge < -0.3 is 5.32 Å². The van der Waals surface area contributed by atoms with Gasteiger partial charge in [-0.15, -0.1) is 0 Å². The third-order valence-corrected chi connectivity index (χ3v) is 4.22. The Kier molecular flexibility index (Phi) is 3.03. The highest BCUT2D eigenvalue weighted by atomic mass is 16.2. The summed E-state index contributed by atoms with van der Waals surface area (Å²) < 4.78 is 1.80. The van der Waals surface area contributed by atoms with E-state index in [4.69, 9.17) is 0 Å². The highest BCUT2D eigenvalue weighted by molar-refractivity contribution is 6.09. The van der Waals surface area contributed by atoms with Crippen molar-refractivity contribution in [1.29, 1.82) is 0 Å². The lowest BCUT2D eigenvalue weighted by Crippen LogP contribution is -2.65. The smallest absolute Gasteiger partial charge is 0.253 e. The van der Waals surface area contributed by atoms with E-state index >= 15 is 0 Å². The van der Waals surface area contributed by atoms with Gasteiger partial charge in [0, 0.05) is 12.2 Å². The number of nitrogens with zero attached hydrogens (tertiary/aromatic N) is 3. The van der Waals surface area contributed by atoms with Gasteiger partial charge >= 0.3 is 0 Å². The van der Waals surface area contributed by atoms with Crippen molar-refractivity contribution in [2.24, 2.45) is 0 Å². The Bertz CT molecular complexity index is 543. The highest BCUT2D eigenvalue weighted by Crippen LogP contribution is 2.34. The van der Waals surface area contributed by atoms with Gasteiger partial charge in [0.2, 0.25) is 5.91 Å². The van der Waals surface area contributed by atoms with Crippen LogP contribution in [-0.4, -0.2) is 33.7 Å². The van der Waals surface area contributed by atoms with Gasteiger partial charge in [-0.1, -0.05) is 12.8 Å². The summed E-state index contributed by atoms with van der Waals surface area (Å²) in [5.74, 6) is -0.0679. The summed E-state index contributed by atoms with van der Waals surface area (Å²) in [5, 5.41) is 7.17. The van der Waals surface area contributed by atoms with Crippen molar-refractivity contribution in [3.63, 3.8) is 0 Å². The third kappa shape index (κ3) is 1.99. The molecule has 2 amide bonds. The summed E-state index contributed by atoms with van der Waals surface area (Å²) in [5.41, 5.74) is 0.0414. The van der Waals surface area contributed by atoms with E-state index in [1.165, 1.54) is 0 Å². The molecule has 0 unspecified atom stereocenters. The number of carbonyl (C=O) groups is 2. The van der Waals surface area contributed by atoms with Crippen LogP contribution in [0.1, 0.15) is 45.6 Å². The molecule has 1 aliphatic heterocycles. The van der Waals surface area contributed by atoms with E-state index in [0.29, 0.717) is 5.69 Å². The zero-order valence-electron chi connectivity index (χ0n) is 11.9. The number of aromatic nitrogens is 2. The topological polar surface area (TPSA) is 67.2 Å². The first kappa shape index (κ1) is 13.1. The average molecular weight is 276 g/mol. The summed E-state index contributed by atoms with van der Waals surface area (Å²) in [6, 6.07) is 0.234.